The van der Waals surface area contributed by atoms with E-state index < -0.39 is 0 Å². The molecule has 0 saturated heterocycles. The molecule has 3 rings (SSSR count). The Morgan fingerprint density at radius 2 is 1.67 bits per heavy atom. The highest BCUT2D eigenvalue weighted by molar-refractivity contribution is 5.92. The molecule has 0 radical (unpaired) electrons. The monoisotopic (exact) mass is 321 g/mol. The minimum atomic E-state index is -0.157. The lowest BCUT2D eigenvalue weighted by Crippen LogP contribution is -2.26. The predicted molar refractivity (Wildman–Crippen MR) is 91.7 cm³/mol. The van der Waals surface area contributed by atoms with E-state index in [-0.39, 0.29) is 5.91 Å². The van der Waals surface area contributed by atoms with Gasteiger partial charge in [-0.15, -0.1) is 0 Å². The number of furan rings is 1. The van der Waals surface area contributed by atoms with Crippen LogP contribution in [0, 0.1) is 0 Å². The normalized spacial score (nSPS) is 10.4. The number of hydrogen-bond acceptors (Lipinski definition) is 3. The van der Waals surface area contributed by atoms with Gasteiger partial charge in [0.2, 0.25) is 0 Å². The van der Waals surface area contributed by atoms with Crippen molar-refractivity contribution < 1.29 is 13.9 Å². The third kappa shape index (κ3) is 3.84. The number of ether oxygens (including phenoxy) is 1. The average molecular weight is 321 g/mol. The van der Waals surface area contributed by atoms with Crippen LogP contribution in [0.1, 0.15) is 21.7 Å². The summed E-state index contributed by atoms with van der Waals surface area (Å²) in [5, 5.41) is 0. The van der Waals surface area contributed by atoms with Crippen molar-refractivity contribution in [3.05, 3.63) is 89.9 Å². The molecule has 4 heteroatoms. The van der Waals surface area contributed by atoms with Gasteiger partial charge >= 0.3 is 0 Å². The van der Waals surface area contributed by atoms with Crippen LogP contribution in [0.4, 0.5) is 0 Å². The Balaban J connectivity index is 1.66. The molecule has 0 aliphatic rings. The first-order valence-corrected chi connectivity index (χ1v) is 7.77. The first-order valence-electron chi connectivity index (χ1n) is 7.77. The molecule has 0 N–H and O–H groups in total. The van der Waals surface area contributed by atoms with Gasteiger partial charge in [-0.05, 0) is 23.8 Å². The maximum absolute atomic E-state index is 12.6. The molecule has 3 aromatic rings. The Morgan fingerprint density at radius 1 is 1.00 bits per heavy atom. The van der Waals surface area contributed by atoms with E-state index in [4.69, 9.17) is 9.15 Å². The van der Waals surface area contributed by atoms with Gasteiger partial charge in [-0.2, -0.15) is 0 Å². The molecule has 1 heterocycles. The molecule has 1 amide bonds. The molecule has 0 fully saturated rings. The number of carbonyl (C=O) groups excluding carboxylic acids is 1. The number of benzene rings is 2. The van der Waals surface area contributed by atoms with Crippen molar-refractivity contribution in [3.8, 4) is 5.75 Å². The lowest BCUT2D eigenvalue weighted by molar-refractivity contribution is 0.0749. The summed E-state index contributed by atoms with van der Waals surface area (Å²) in [6.07, 6.45) is 1.52. The van der Waals surface area contributed by atoms with Gasteiger partial charge in [0, 0.05) is 19.2 Å². The standard InChI is InChI=1S/C20H19NO3/c1-21(14-16-8-4-2-5-9-16)20(22)19-17(12-13-23-19)15-24-18-10-6-3-7-11-18/h2-13H,14-15H2,1H3. The maximum atomic E-state index is 12.6. The van der Waals surface area contributed by atoms with Gasteiger partial charge in [-0.1, -0.05) is 48.5 Å². The fraction of sp³-hybridized carbons (Fsp3) is 0.150. The van der Waals surface area contributed by atoms with Crippen LogP contribution < -0.4 is 4.74 Å². The van der Waals surface area contributed by atoms with Gasteiger partial charge < -0.3 is 14.1 Å². The summed E-state index contributed by atoms with van der Waals surface area (Å²) in [5.74, 6) is 0.926. The van der Waals surface area contributed by atoms with E-state index in [1.54, 1.807) is 18.0 Å². The number of hydrogen-bond donors (Lipinski definition) is 0. The summed E-state index contributed by atoms with van der Waals surface area (Å²) in [7, 11) is 1.76. The second-order valence-corrected chi connectivity index (χ2v) is 5.52. The Labute approximate surface area is 141 Å². The molecule has 1 aromatic heterocycles. The summed E-state index contributed by atoms with van der Waals surface area (Å²) < 4.78 is 11.1. The molecule has 0 bridgehead atoms. The van der Waals surface area contributed by atoms with Crippen molar-refractivity contribution >= 4 is 5.91 Å². The quantitative estimate of drug-likeness (QED) is 0.685. The fourth-order valence-corrected chi connectivity index (χ4v) is 2.42. The van der Waals surface area contributed by atoms with Crippen LogP contribution in [0.5, 0.6) is 5.75 Å². The molecule has 2 aromatic carbocycles. The molecular weight excluding hydrogens is 302 g/mol. The van der Waals surface area contributed by atoms with Gasteiger partial charge in [0.15, 0.2) is 5.76 Å². The lowest BCUT2D eigenvalue weighted by atomic mass is 10.2. The van der Waals surface area contributed by atoms with Crippen molar-refractivity contribution in [2.24, 2.45) is 0 Å². The van der Waals surface area contributed by atoms with Crippen molar-refractivity contribution in [1.29, 1.82) is 0 Å². The largest absolute Gasteiger partial charge is 0.489 e. The van der Waals surface area contributed by atoms with E-state index in [0.29, 0.717) is 18.9 Å². The molecule has 0 spiro atoms. The van der Waals surface area contributed by atoms with Crippen LogP contribution in [-0.4, -0.2) is 17.9 Å². The highest BCUT2D eigenvalue weighted by Crippen LogP contribution is 2.18. The molecule has 0 aliphatic carbocycles. The zero-order valence-electron chi connectivity index (χ0n) is 13.5. The molecule has 0 atom stereocenters. The Kier molecular flexibility index (Phi) is 4.96. The Morgan fingerprint density at radius 3 is 2.38 bits per heavy atom. The van der Waals surface area contributed by atoms with Gasteiger partial charge in [0.1, 0.15) is 12.4 Å². The number of carbonyl (C=O) groups is 1. The predicted octanol–water partition coefficient (Wildman–Crippen LogP) is 4.13. The van der Waals surface area contributed by atoms with E-state index in [1.807, 2.05) is 60.7 Å². The van der Waals surface area contributed by atoms with Crippen LogP contribution in [0.2, 0.25) is 0 Å². The number of nitrogens with zero attached hydrogens (tertiary/aromatic N) is 1. The minimum absolute atomic E-state index is 0.157. The number of para-hydroxylation sites is 1. The summed E-state index contributed by atoms with van der Waals surface area (Å²) >= 11 is 0. The summed E-state index contributed by atoms with van der Waals surface area (Å²) in [4.78, 5) is 14.3. The van der Waals surface area contributed by atoms with Gasteiger partial charge in [-0.3, -0.25) is 4.79 Å². The topological polar surface area (TPSA) is 42.7 Å². The second-order valence-electron chi connectivity index (χ2n) is 5.52. The highest BCUT2D eigenvalue weighted by Gasteiger charge is 2.20. The maximum Gasteiger partial charge on any atom is 0.290 e. The van der Waals surface area contributed by atoms with E-state index in [1.165, 1.54) is 6.26 Å². The van der Waals surface area contributed by atoms with Gasteiger partial charge in [0.25, 0.3) is 5.91 Å². The summed E-state index contributed by atoms with van der Waals surface area (Å²) in [6, 6.07) is 21.1. The zero-order valence-corrected chi connectivity index (χ0v) is 13.5. The summed E-state index contributed by atoms with van der Waals surface area (Å²) in [5.41, 5.74) is 1.81. The van der Waals surface area contributed by atoms with Crippen LogP contribution in [0.3, 0.4) is 0 Å². The molecular formula is C20H19NO3. The van der Waals surface area contributed by atoms with Crippen LogP contribution in [0.15, 0.2) is 77.4 Å². The third-order valence-electron chi connectivity index (χ3n) is 3.69. The average Bonchev–Trinajstić information content (AvgIpc) is 3.09. The Bertz CT molecular complexity index is 781. The van der Waals surface area contributed by atoms with Gasteiger partial charge in [0.05, 0.1) is 6.26 Å². The van der Waals surface area contributed by atoms with E-state index in [2.05, 4.69) is 0 Å². The Hall–Kier alpha value is -3.01. The SMILES string of the molecule is CN(Cc1ccccc1)C(=O)c1occc1COc1ccccc1. The van der Waals surface area contributed by atoms with Crippen LogP contribution >= 0.6 is 0 Å². The van der Waals surface area contributed by atoms with E-state index in [9.17, 15) is 4.79 Å². The molecule has 0 aliphatic heterocycles. The zero-order chi connectivity index (χ0) is 16.8. The molecule has 0 unspecified atom stereocenters. The minimum Gasteiger partial charge on any atom is -0.489 e. The molecule has 0 saturated carbocycles. The highest BCUT2D eigenvalue weighted by atomic mass is 16.5. The van der Waals surface area contributed by atoms with Gasteiger partial charge in [-0.25, -0.2) is 0 Å². The van der Waals surface area contributed by atoms with Crippen LogP contribution in [0.25, 0.3) is 0 Å². The van der Waals surface area contributed by atoms with Crippen LogP contribution in [-0.2, 0) is 13.2 Å². The van der Waals surface area contributed by atoms with Crippen molar-refractivity contribution in [2.45, 2.75) is 13.2 Å². The second kappa shape index (κ2) is 7.51. The smallest absolute Gasteiger partial charge is 0.290 e. The third-order valence-corrected chi connectivity index (χ3v) is 3.69. The first kappa shape index (κ1) is 15.9. The van der Waals surface area contributed by atoms with E-state index >= 15 is 0 Å². The molecule has 4 nitrogen and oxygen atoms in total. The number of rotatable bonds is 6. The molecule has 24 heavy (non-hydrogen) atoms. The van der Waals surface area contributed by atoms with Crippen molar-refractivity contribution in [1.82, 2.24) is 4.90 Å². The summed E-state index contributed by atoms with van der Waals surface area (Å²) in [6.45, 7) is 0.820. The first-order chi connectivity index (χ1) is 11.7. The van der Waals surface area contributed by atoms with E-state index in [0.717, 1.165) is 16.9 Å². The molecule has 122 valence electrons. The van der Waals surface area contributed by atoms with Crippen molar-refractivity contribution in [2.75, 3.05) is 7.05 Å². The number of amides is 1. The fourth-order valence-electron chi connectivity index (χ4n) is 2.42. The van der Waals surface area contributed by atoms with Crippen molar-refractivity contribution in [3.63, 3.8) is 0 Å². The lowest BCUT2D eigenvalue weighted by Gasteiger charge is -2.16.